The van der Waals surface area contributed by atoms with Crippen LogP contribution in [0.15, 0.2) is 66.7 Å². The Balaban J connectivity index is 0.000000257. The Labute approximate surface area is 184 Å². The van der Waals surface area contributed by atoms with Crippen LogP contribution in [0.5, 0.6) is 11.5 Å². The summed E-state index contributed by atoms with van der Waals surface area (Å²) in [5, 5.41) is 26.2. The second kappa shape index (κ2) is 10.4. The van der Waals surface area contributed by atoms with E-state index in [4.69, 9.17) is 20.4 Å². The van der Waals surface area contributed by atoms with Gasteiger partial charge in [-0.1, -0.05) is 30.3 Å². The van der Waals surface area contributed by atoms with E-state index in [2.05, 4.69) is 0 Å². The summed E-state index contributed by atoms with van der Waals surface area (Å²) < 4.78 is 79.2. The molecule has 0 unspecified atom stereocenters. The van der Waals surface area contributed by atoms with Crippen LogP contribution in [0, 0.1) is 22.7 Å². The zero-order valence-electron chi connectivity index (χ0n) is 16.6. The van der Waals surface area contributed by atoms with Crippen molar-refractivity contribution in [1.29, 1.82) is 10.5 Å². The standard InChI is InChI=1S/C15H10F3NO.C8H4F3NO/c16-15(17,18)13-7-6-12(9-19)14(8-13)20-10-11-4-2-1-3-5-11;9-8(10,11)6-2-1-5(4-12)7(13)3-6/h1-8H,10H2;1-3,13H. The molecule has 0 saturated carbocycles. The highest BCUT2D eigenvalue weighted by Crippen LogP contribution is 2.33. The highest BCUT2D eigenvalue weighted by atomic mass is 19.4. The summed E-state index contributed by atoms with van der Waals surface area (Å²) in [7, 11) is 0. The molecule has 0 atom stereocenters. The highest BCUT2D eigenvalue weighted by Gasteiger charge is 2.32. The van der Waals surface area contributed by atoms with Crippen molar-refractivity contribution < 1.29 is 36.2 Å². The van der Waals surface area contributed by atoms with Gasteiger partial charge in [0.2, 0.25) is 0 Å². The highest BCUT2D eigenvalue weighted by molar-refractivity contribution is 5.46. The second-order valence-electron chi connectivity index (χ2n) is 6.44. The number of halogens is 6. The van der Waals surface area contributed by atoms with Gasteiger partial charge in [-0.25, -0.2) is 0 Å². The van der Waals surface area contributed by atoms with Gasteiger partial charge < -0.3 is 9.84 Å². The van der Waals surface area contributed by atoms with Crippen molar-refractivity contribution in [1.82, 2.24) is 0 Å². The molecule has 3 aromatic carbocycles. The number of rotatable bonds is 3. The Morgan fingerprint density at radius 1 is 0.727 bits per heavy atom. The lowest BCUT2D eigenvalue weighted by Gasteiger charge is -2.11. The first kappa shape index (κ1) is 25.1. The first-order valence-electron chi connectivity index (χ1n) is 9.04. The van der Waals surface area contributed by atoms with E-state index in [-0.39, 0.29) is 23.5 Å². The van der Waals surface area contributed by atoms with Crippen molar-refractivity contribution in [3.05, 3.63) is 94.5 Å². The summed E-state index contributed by atoms with van der Waals surface area (Å²) >= 11 is 0. The molecule has 3 aromatic rings. The first-order chi connectivity index (χ1) is 15.5. The summed E-state index contributed by atoms with van der Waals surface area (Å²) in [6, 6.07) is 17.4. The lowest BCUT2D eigenvalue weighted by molar-refractivity contribution is -0.138. The van der Waals surface area contributed by atoms with Crippen molar-refractivity contribution in [2.24, 2.45) is 0 Å². The molecule has 0 heterocycles. The van der Waals surface area contributed by atoms with Crippen LogP contribution in [0.2, 0.25) is 0 Å². The van der Waals surface area contributed by atoms with Crippen molar-refractivity contribution in [2.45, 2.75) is 19.0 Å². The molecule has 0 fully saturated rings. The van der Waals surface area contributed by atoms with Gasteiger partial charge in [0.1, 0.15) is 30.2 Å². The van der Waals surface area contributed by atoms with Gasteiger partial charge in [-0.05, 0) is 42.0 Å². The van der Waals surface area contributed by atoms with Crippen LogP contribution in [0.4, 0.5) is 26.3 Å². The SMILES string of the molecule is N#Cc1ccc(C(F)(F)F)cc1O.N#Cc1ccc(C(F)(F)F)cc1OCc1ccccc1. The van der Waals surface area contributed by atoms with Crippen LogP contribution >= 0.6 is 0 Å². The summed E-state index contributed by atoms with van der Waals surface area (Å²) in [6.07, 6.45) is -8.95. The van der Waals surface area contributed by atoms with Crippen LogP contribution in [0.25, 0.3) is 0 Å². The predicted molar refractivity (Wildman–Crippen MR) is 105 cm³/mol. The molecule has 33 heavy (non-hydrogen) atoms. The van der Waals surface area contributed by atoms with Gasteiger partial charge in [-0.3, -0.25) is 0 Å². The zero-order chi connectivity index (χ0) is 24.6. The first-order valence-corrected chi connectivity index (χ1v) is 9.04. The minimum Gasteiger partial charge on any atom is -0.507 e. The number of aromatic hydroxyl groups is 1. The number of hydrogen-bond acceptors (Lipinski definition) is 4. The van der Waals surface area contributed by atoms with Gasteiger partial charge in [0, 0.05) is 0 Å². The molecular weight excluding hydrogens is 450 g/mol. The van der Waals surface area contributed by atoms with E-state index in [0.717, 1.165) is 35.9 Å². The fourth-order valence-corrected chi connectivity index (χ4v) is 2.45. The maximum atomic E-state index is 12.6. The molecule has 0 saturated heterocycles. The summed E-state index contributed by atoms with van der Waals surface area (Å²) in [5.74, 6) is -0.719. The normalized spacial score (nSPS) is 10.9. The fourth-order valence-electron chi connectivity index (χ4n) is 2.45. The lowest BCUT2D eigenvalue weighted by atomic mass is 10.1. The third-order valence-electron chi connectivity index (χ3n) is 4.11. The molecule has 0 radical (unpaired) electrons. The summed E-state index contributed by atoms with van der Waals surface area (Å²) in [4.78, 5) is 0. The van der Waals surface area contributed by atoms with Gasteiger partial charge in [0.15, 0.2) is 0 Å². The summed E-state index contributed by atoms with van der Waals surface area (Å²) in [5.41, 5.74) is -1.08. The number of benzene rings is 3. The van der Waals surface area contributed by atoms with Gasteiger partial charge in [0.05, 0.1) is 22.3 Å². The Hall–Kier alpha value is -4.18. The van der Waals surface area contributed by atoms with Crippen LogP contribution in [-0.2, 0) is 19.0 Å². The second-order valence-corrected chi connectivity index (χ2v) is 6.44. The number of nitriles is 2. The zero-order valence-corrected chi connectivity index (χ0v) is 16.6. The van der Waals surface area contributed by atoms with E-state index in [9.17, 15) is 26.3 Å². The smallest absolute Gasteiger partial charge is 0.416 e. The van der Waals surface area contributed by atoms with Crippen LogP contribution < -0.4 is 4.74 Å². The molecule has 10 heteroatoms. The van der Waals surface area contributed by atoms with E-state index in [1.165, 1.54) is 0 Å². The number of nitrogens with zero attached hydrogens (tertiary/aromatic N) is 2. The number of alkyl halides is 6. The maximum Gasteiger partial charge on any atom is 0.416 e. The molecule has 0 aliphatic heterocycles. The minimum absolute atomic E-state index is 0.0637. The Morgan fingerprint density at radius 3 is 1.73 bits per heavy atom. The number of phenols is 1. The molecule has 0 aliphatic carbocycles. The van der Waals surface area contributed by atoms with E-state index < -0.39 is 29.2 Å². The molecule has 170 valence electrons. The van der Waals surface area contributed by atoms with Crippen molar-refractivity contribution in [3.63, 3.8) is 0 Å². The van der Waals surface area contributed by atoms with Crippen molar-refractivity contribution in [3.8, 4) is 23.6 Å². The Morgan fingerprint density at radius 2 is 1.24 bits per heavy atom. The largest absolute Gasteiger partial charge is 0.507 e. The summed E-state index contributed by atoms with van der Waals surface area (Å²) in [6.45, 7) is 0.108. The molecule has 4 nitrogen and oxygen atoms in total. The number of phenolic OH excluding ortho intramolecular Hbond substituents is 1. The fraction of sp³-hybridized carbons (Fsp3) is 0.130. The average molecular weight is 464 g/mol. The maximum absolute atomic E-state index is 12.6. The van der Waals surface area contributed by atoms with E-state index in [1.807, 2.05) is 12.1 Å². The topological polar surface area (TPSA) is 77.0 Å². The molecule has 0 amide bonds. The van der Waals surface area contributed by atoms with Crippen LogP contribution in [0.1, 0.15) is 27.8 Å². The van der Waals surface area contributed by atoms with Gasteiger partial charge in [-0.2, -0.15) is 36.9 Å². The number of ether oxygens (including phenoxy) is 1. The molecule has 0 spiro atoms. The van der Waals surface area contributed by atoms with E-state index >= 15 is 0 Å². The quantitative estimate of drug-likeness (QED) is 0.453. The predicted octanol–water partition coefficient (Wildman–Crippen LogP) is 6.44. The van der Waals surface area contributed by atoms with E-state index in [1.54, 1.807) is 30.3 Å². The molecule has 0 aromatic heterocycles. The minimum atomic E-state index is -4.49. The van der Waals surface area contributed by atoms with Crippen molar-refractivity contribution in [2.75, 3.05) is 0 Å². The third-order valence-corrected chi connectivity index (χ3v) is 4.11. The van der Waals surface area contributed by atoms with Gasteiger partial charge >= 0.3 is 12.4 Å². The Kier molecular flexibility index (Phi) is 7.92. The van der Waals surface area contributed by atoms with E-state index in [0.29, 0.717) is 6.07 Å². The van der Waals surface area contributed by atoms with Crippen LogP contribution in [0.3, 0.4) is 0 Å². The van der Waals surface area contributed by atoms with Gasteiger partial charge in [-0.15, -0.1) is 0 Å². The van der Waals surface area contributed by atoms with Crippen LogP contribution in [-0.4, -0.2) is 5.11 Å². The lowest BCUT2D eigenvalue weighted by Crippen LogP contribution is -2.06. The molecule has 0 bridgehead atoms. The molecule has 1 N–H and O–H groups in total. The molecule has 3 rings (SSSR count). The average Bonchev–Trinajstić information content (AvgIpc) is 2.77. The van der Waals surface area contributed by atoms with Gasteiger partial charge in [0.25, 0.3) is 0 Å². The third kappa shape index (κ3) is 7.18. The molecule has 0 aliphatic rings. The monoisotopic (exact) mass is 464 g/mol. The van der Waals surface area contributed by atoms with Crippen molar-refractivity contribution >= 4 is 0 Å². The Bertz CT molecular complexity index is 1180. The number of hydrogen-bond donors (Lipinski definition) is 1. The molecular formula is C23H14F6N2O2.